The summed E-state index contributed by atoms with van der Waals surface area (Å²) in [6, 6.07) is 16.6. The molecule has 1 heterocycles. The van der Waals surface area contributed by atoms with Crippen LogP contribution in [0.2, 0.25) is 0 Å². The molecule has 3 rings (SSSR count). The fourth-order valence-electron chi connectivity index (χ4n) is 2.74. The van der Waals surface area contributed by atoms with Gasteiger partial charge in [-0.15, -0.1) is 0 Å². The summed E-state index contributed by atoms with van der Waals surface area (Å²) in [5.74, 6) is 0.626. The van der Waals surface area contributed by atoms with E-state index < -0.39 is 0 Å². The second-order valence-electron chi connectivity index (χ2n) is 6.22. The van der Waals surface area contributed by atoms with E-state index in [-0.39, 0.29) is 11.5 Å². The first-order chi connectivity index (χ1) is 12.6. The zero-order valence-electron chi connectivity index (χ0n) is 14.7. The molecule has 0 radical (unpaired) electrons. The quantitative estimate of drug-likeness (QED) is 0.641. The van der Waals surface area contributed by atoms with Gasteiger partial charge >= 0.3 is 0 Å². The molecule has 2 N–H and O–H groups in total. The van der Waals surface area contributed by atoms with Gasteiger partial charge in [-0.25, -0.2) is 0 Å². The van der Waals surface area contributed by atoms with Crippen LogP contribution in [0.5, 0.6) is 5.75 Å². The van der Waals surface area contributed by atoms with Crippen molar-refractivity contribution in [3.63, 3.8) is 0 Å². The van der Waals surface area contributed by atoms with Crippen molar-refractivity contribution in [2.24, 2.45) is 0 Å². The molecule has 0 aliphatic carbocycles. The third-order valence-corrected chi connectivity index (χ3v) is 4.14. The number of fused-ring (bicyclic) bond motifs is 1. The van der Waals surface area contributed by atoms with Crippen LogP contribution >= 0.6 is 0 Å². The molecule has 0 saturated carbocycles. The van der Waals surface area contributed by atoms with E-state index in [4.69, 9.17) is 4.74 Å². The maximum absolute atomic E-state index is 12.4. The van der Waals surface area contributed by atoms with Crippen LogP contribution in [0.1, 0.15) is 28.8 Å². The van der Waals surface area contributed by atoms with Crippen LogP contribution in [0.4, 0.5) is 0 Å². The predicted molar refractivity (Wildman–Crippen MR) is 103 cm³/mol. The van der Waals surface area contributed by atoms with Gasteiger partial charge in [0.25, 0.3) is 5.91 Å². The van der Waals surface area contributed by atoms with Crippen LogP contribution in [0.15, 0.2) is 59.4 Å². The summed E-state index contributed by atoms with van der Waals surface area (Å²) in [7, 11) is 0. The second-order valence-corrected chi connectivity index (χ2v) is 6.22. The first kappa shape index (κ1) is 17.7. The number of benzene rings is 2. The molecule has 0 aliphatic rings. The van der Waals surface area contributed by atoms with Crippen molar-refractivity contribution in [2.75, 3.05) is 13.2 Å². The molecule has 0 bridgehead atoms. The van der Waals surface area contributed by atoms with Crippen molar-refractivity contribution in [3.8, 4) is 5.75 Å². The molecule has 0 saturated heterocycles. The molecule has 2 aromatic carbocycles. The first-order valence-corrected chi connectivity index (χ1v) is 8.73. The van der Waals surface area contributed by atoms with E-state index in [2.05, 4.69) is 10.3 Å². The number of rotatable bonds is 7. The van der Waals surface area contributed by atoms with Gasteiger partial charge in [0.1, 0.15) is 5.75 Å². The summed E-state index contributed by atoms with van der Waals surface area (Å²) in [5, 5.41) is 3.62. The minimum Gasteiger partial charge on any atom is -0.494 e. The number of para-hydroxylation sites is 1. The zero-order valence-corrected chi connectivity index (χ0v) is 14.7. The molecule has 5 heteroatoms. The van der Waals surface area contributed by atoms with Crippen molar-refractivity contribution in [1.29, 1.82) is 0 Å². The Bertz CT molecular complexity index is 945. The number of hydrogen-bond donors (Lipinski definition) is 2. The van der Waals surface area contributed by atoms with Gasteiger partial charge < -0.3 is 15.0 Å². The van der Waals surface area contributed by atoms with E-state index >= 15 is 0 Å². The van der Waals surface area contributed by atoms with Crippen molar-refractivity contribution in [3.05, 3.63) is 76.1 Å². The van der Waals surface area contributed by atoms with E-state index in [0.29, 0.717) is 24.2 Å². The summed E-state index contributed by atoms with van der Waals surface area (Å²) < 4.78 is 5.67. The minimum absolute atomic E-state index is 0.230. The second kappa shape index (κ2) is 8.34. The monoisotopic (exact) mass is 350 g/mol. The fraction of sp³-hybridized carbons (Fsp3) is 0.238. The van der Waals surface area contributed by atoms with Crippen molar-refractivity contribution < 1.29 is 9.53 Å². The molecule has 0 aliphatic heterocycles. The first-order valence-electron chi connectivity index (χ1n) is 8.73. The van der Waals surface area contributed by atoms with Crippen LogP contribution in [0, 0.1) is 6.92 Å². The molecule has 134 valence electrons. The van der Waals surface area contributed by atoms with E-state index in [1.54, 1.807) is 6.07 Å². The fourth-order valence-corrected chi connectivity index (χ4v) is 2.74. The largest absolute Gasteiger partial charge is 0.494 e. The number of pyridine rings is 1. The Kier molecular flexibility index (Phi) is 5.69. The van der Waals surface area contributed by atoms with Crippen molar-refractivity contribution in [1.82, 2.24) is 10.3 Å². The van der Waals surface area contributed by atoms with Gasteiger partial charge in [-0.05, 0) is 38.0 Å². The van der Waals surface area contributed by atoms with Gasteiger partial charge in [-0.3, -0.25) is 9.59 Å². The highest BCUT2D eigenvalue weighted by atomic mass is 16.5. The molecular weight excluding hydrogens is 328 g/mol. The SMILES string of the molecule is Cc1ccc(OCCCCNC(=O)c2cc(=O)[nH]c3ccccc23)cc1. The van der Waals surface area contributed by atoms with Crippen LogP contribution < -0.4 is 15.6 Å². The summed E-state index contributed by atoms with van der Waals surface area (Å²) in [4.78, 5) is 26.9. The minimum atomic E-state index is -0.277. The number of aryl methyl sites for hydroxylation is 1. The number of carbonyl (C=O) groups excluding carboxylic acids is 1. The lowest BCUT2D eigenvalue weighted by molar-refractivity contribution is 0.0954. The lowest BCUT2D eigenvalue weighted by Gasteiger charge is -2.09. The van der Waals surface area contributed by atoms with Gasteiger partial charge in [-0.2, -0.15) is 0 Å². The molecule has 0 fully saturated rings. The predicted octanol–water partition coefficient (Wildman–Crippen LogP) is 3.43. The number of nitrogens with one attached hydrogen (secondary N) is 2. The molecule has 26 heavy (non-hydrogen) atoms. The smallest absolute Gasteiger partial charge is 0.252 e. The number of hydrogen-bond acceptors (Lipinski definition) is 3. The topological polar surface area (TPSA) is 71.2 Å². The van der Waals surface area contributed by atoms with Gasteiger partial charge in [0.05, 0.1) is 12.2 Å². The van der Waals surface area contributed by atoms with E-state index in [1.807, 2.05) is 49.4 Å². The molecule has 1 amide bonds. The Morgan fingerprint density at radius 3 is 2.65 bits per heavy atom. The number of aromatic amines is 1. The lowest BCUT2D eigenvalue weighted by atomic mass is 10.1. The highest BCUT2D eigenvalue weighted by Crippen LogP contribution is 2.14. The van der Waals surface area contributed by atoms with Gasteiger partial charge in [0.2, 0.25) is 5.56 Å². The number of aromatic nitrogens is 1. The van der Waals surface area contributed by atoms with Crippen LogP contribution in [0.25, 0.3) is 10.9 Å². The summed E-state index contributed by atoms with van der Waals surface area (Å²) in [6.07, 6.45) is 1.64. The van der Waals surface area contributed by atoms with Crippen LogP contribution in [-0.2, 0) is 0 Å². The van der Waals surface area contributed by atoms with E-state index in [0.717, 1.165) is 24.0 Å². The Labute approximate surface area is 152 Å². The Morgan fingerprint density at radius 2 is 1.85 bits per heavy atom. The summed E-state index contributed by atoms with van der Waals surface area (Å²) in [6.45, 7) is 3.18. The third kappa shape index (κ3) is 4.51. The molecule has 0 spiro atoms. The lowest BCUT2D eigenvalue weighted by Crippen LogP contribution is -2.26. The maximum atomic E-state index is 12.4. The molecule has 0 unspecified atom stereocenters. The molecule has 0 atom stereocenters. The standard InChI is InChI=1S/C21H22N2O3/c1-15-8-10-16(11-9-15)26-13-5-4-12-22-21(25)18-14-20(24)23-19-7-3-2-6-17(18)19/h2-3,6-11,14H,4-5,12-13H2,1H3,(H,22,25)(H,23,24). The Hall–Kier alpha value is -3.08. The number of ether oxygens (including phenoxy) is 1. The van der Waals surface area contributed by atoms with Crippen LogP contribution in [-0.4, -0.2) is 24.0 Å². The average molecular weight is 350 g/mol. The number of H-pyrrole nitrogens is 1. The number of amides is 1. The Morgan fingerprint density at radius 1 is 1.08 bits per heavy atom. The summed E-state index contributed by atoms with van der Waals surface area (Å²) >= 11 is 0. The highest BCUT2D eigenvalue weighted by molar-refractivity contribution is 6.05. The third-order valence-electron chi connectivity index (χ3n) is 4.14. The van der Waals surface area contributed by atoms with Gasteiger partial charge in [0.15, 0.2) is 0 Å². The number of carbonyl (C=O) groups is 1. The molecule has 1 aromatic heterocycles. The Balaban J connectivity index is 1.47. The van der Waals surface area contributed by atoms with Gasteiger partial charge in [-0.1, -0.05) is 35.9 Å². The summed E-state index contributed by atoms with van der Waals surface area (Å²) in [5.41, 5.74) is 1.99. The molecular formula is C21H22N2O3. The zero-order chi connectivity index (χ0) is 18.4. The molecule has 3 aromatic rings. The maximum Gasteiger partial charge on any atom is 0.252 e. The van der Waals surface area contributed by atoms with E-state index in [9.17, 15) is 9.59 Å². The van der Waals surface area contributed by atoms with Gasteiger partial charge in [0, 0.05) is 23.5 Å². The highest BCUT2D eigenvalue weighted by Gasteiger charge is 2.10. The van der Waals surface area contributed by atoms with Crippen molar-refractivity contribution in [2.45, 2.75) is 19.8 Å². The van der Waals surface area contributed by atoms with E-state index in [1.165, 1.54) is 11.6 Å². The average Bonchev–Trinajstić information content (AvgIpc) is 2.65. The van der Waals surface area contributed by atoms with Crippen LogP contribution in [0.3, 0.4) is 0 Å². The van der Waals surface area contributed by atoms with Crippen molar-refractivity contribution >= 4 is 16.8 Å². The normalized spacial score (nSPS) is 10.7. The number of unbranched alkanes of at least 4 members (excludes halogenated alkanes) is 1. The molecule has 5 nitrogen and oxygen atoms in total.